The number of hydrogen-bond acceptors (Lipinski definition) is 3. The molecule has 2 heterocycles. The highest BCUT2D eigenvalue weighted by atomic mass is 79.9. The molecule has 1 aromatic heterocycles. The molecule has 1 saturated heterocycles. The van der Waals surface area contributed by atoms with E-state index in [4.69, 9.17) is 4.74 Å². The Morgan fingerprint density at radius 2 is 2.11 bits per heavy atom. The highest BCUT2D eigenvalue weighted by molar-refractivity contribution is 9.10. The Morgan fingerprint density at radius 3 is 2.74 bits per heavy atom. The molecule has 1 fully saturated rings. The van der Waals surface area contributed by atoms with E-state index >= 15 is 0 Å². The minimum Gasteiger partial charge on any atom is -0.381 e. The average molecular weight is 327 g/mol. The number of aryl methyl sites for hydroxylation is 1. The molecular formula is C15H23BrN2O. The van der Waals surface area contributed by atoms with Gasteiger partial charge in [0.05, 0.1) is 0 Å². The number of anilines is 1. The Labute approximate surface area is 124 Å². The highest BCUT2D eigenvalue weighted by Crippen LogP contribution is 2.34. The van der Waals surface area contributed by atoms with E-state index in [0.29, 0.717) is 0 Å². The third-order valence-electron chi connectivity index (χ3n) is 4.10. The first kappa shape index (κ1) is 14.8. The molecule has 1 N–H and O–H groups in total. The summed E-state index contributed by atoms with van der Waals surface area (Å²) in [5, 5.41) is 3.48. The van der Waals surface area contributed by atoms with Crippen LogP contribution in [0, 0.1) is 18.3 Å². The molecule has 1 aromatic rings. The van der Waals surface area contributed by atoms with E-state index in [-0.39, 0.29) is 5.41 Å². The van der Waals surface area contributed by atoms with Gasteiger partial charge in [-0.2, -0.15) is 0 Å². The summed E-state index contributed by atoms with van der Waals surface area (Å²) in [7, 11) is 0. The van der Waals surface area contributed by atoms with Gasteiger partial charge in [0.2, 0.25) is 0 Å². The Bertz CT molecular complexity index is 428. The van der Waals surface area contributed by atoms with Crippen LogP contribution in [0.25, 0.3) is 0 Å². The van der Waals surface area contributed by atoms with Crippen LogP contribution < -0.4 is 5.32 Å². The van der Waals surface area contributed by atoms with Crippen LogP contribution in [-0.2, 0) is 4.74 Å². The number of hydrogen-bond donors (Lipinski definition) is 1. The number of pyridine rings is 1. The molecule has 0 aromatic carbocycles. The number of aromatic nitrogens is 1. The highest BCUT2D eigenvalue weighted by Gasteiger charge is 2.30. The van der Waals surface area contributed by atoms with Crippen molar-refractivity contribution in [3.05, 3.63) is 22.3 Å². The smallest absolute Gasteiger partial charge is 0.126 e. The van der Waals surface area contributed by atoms with Crippen molar-refractivity contribution in [1.29, 1.82) is 0 Å². The molecule has 0 amide bonds. The summed E-state index contributed by atoms with van der Waals surface area (Å²) < 4.78 is 6.51. The normalized spacial score (nSPS) is 17.5. The van der Waals surface area contributed by atoms with E-state index in [9.17, 15) is 0 Å². The molecular weight excluding hydrogens is 304 g/mol. The molecule has 1 aliphatic rings. The fourth-order valence-electron chi connectivity index (χ4n) is 2.58. The molecule has 1 aliphatic heterocycles. The van der Waals surface area contributed by atoms with Gasteiger partial charge < -0.3 is 10.1 Å². The first-order chi connectivity index (χ1) is 8.99. The minimum atomic E-state index is 0.270. The number of nitrogens with zero attached hydrogens (tertiary/aromatic N) is 1. The van der Waals surface area contributed by atoms with Crippen molar-refractivity contribution < 1.29 is 4.74 Å². The monoisotopic (exact) mass is 326 g/mol. The summed E-state index contributed by atoms with van der Waals surface area (Å²) in [6, 6.07) is 2.09. The molecule has 0 bridgehead atoms. The van der Waals surface area contributed by atoms with Gasteiger partial charge in [0, 0.05) is 30.4 Å². The number of halogens is 1. The third-order valence-corrected chi connectivity index (χ3v) is 4.93. The van der Waals surface area contributed by atoms with Crippen molar-refractivity contribution in [2.75, 3.05) is 25.1 Å². The summed E-state index contributed by atoms with van der Waals surface area (Å²) in [6.07, 6.45) is 4.20. The summed E-state index contributed by atoms with van der Waals surface area (Å²) in [6.45, 7) is 9.52. The van der Waals surface area contributed by atoms with Crippen LogP contribution in [-0.4, -0.2) is 24.7 Å². The van der Waals surface area contributed by atoms with E-state index in [2.05, 4.69) is 53.1 Å². The topological polar surface area (TPSA) is 34.1 Å². The summed E-state index contributed by atoms with van der Waals surface area (Å²) in [4.78, 5) is 4.40. The Morgan fingerprint density at radius 1 is 1.42 bits per heavy atom. The first-order valence-corrected chi connectivity index (χ1v) is 7.72. The SMILES string of the molecule is Cc1cc(NCC(C)(C)C2CCOCC2)ncc1Br. The molecule has 0 spiro atoms. The lowest BCUT2D eigenvalue weighted by molar-refractivity contribution is 0.0268. The lowest BCUT2D eigenvalue weighted by Crippen LogP contribution is -2.35. The van der Waals surface area contributed by atoms with Crippen LogP contribution in [0.15, 0.2) is 16.7 Å². The fourth-order valence-corrected chi connectivity index (χ4v) is 2.79. The maximum absolute atomic E-state index is 5.45. The van der Waals surface area contributed by atoms with Gasteiger partial charge in [-0.15, -0.1) is 0 Å². The summed E-state index contributed by atoms with van der Waals surface area (Å²) >= 11 is 3.48. The van der Waals surface area contributed by atoms with Crippen LogP contribution in [0.4, 0.5) is 5.82 Å². The van der Waals surface area contributed by atoms with Gasteiger partial charge in [-0.05, 0) is 58.7 Å². The summed E-state index contributed by atoms with van der Waals surface area (Å²) in [5.74, 6) is 1.69. The predicted octanol–water partition coefficient (Wildman–Crippen LogP) is 4.02. The van der Waals surface area contributed by atoms with Gasteiger partial charge in [0.1, 0.15) is 5.82 Å². The van der Waals surface area contributed by atoms with E-state index in [1.54, 1.807) is 0 Å². The number of rotatable bonds is 4. The molecule has 3 nitrogen and oxygen atoms in total. The van der Waals surface area contributed by atoms with E-state index < -0.39 is 0 Å². The molecule has 4 heteroatoms. The van der Waals surface area contributed by atoms with Crippen molar-refractivity contribution in [1.82, 2.24) is 4.98 Å². The van der Waals surface area contributed by atoms with Crippen molar-refractivity contribution in [3.63, 3.8) is 0 Å². The summed E-state index contributed by atoms with van der Waals surface area (Å²) in [5.41, 5.74) is 1.48. The molecule has 106 valence electrons. The molecule has 0 saturated carbocycles. The Kier molecular flexibility index (Phi) is 4.85. The van der Waals surface area contributed by atoms with Gasteiger partial charge >= 0.3 is 0 Å². The largest absolute Gasteiger partial charge is 0.381 e. The van der Waals surface area contributed by atoms with Crippen molar-refractivity contribution in [2.45, 2.75) is 33.6 Å². The molecule has 0 atom stereocenters. The quantitative estimate of drug-likeness (QED) is 0.907. The average Bonchev–Trinajstić information content (AvgIpc) is 2.41. The van der Waals surface area contributed by atoms with Crippen LogP contribution in [0.1, 0.15) is 32.3 Å². The van der Waals surface area contributed by atoms with Crippen LogP contribution in [0.3, 0.4) is 0 Å². The maximum atomic E-state index is 5.45. The second-order valence-electron chi connectivity index (χ2n) is 6.05. The van der Waals surface area contributed by atoms with Crippen molar-refractivity contribution in [2.24, 2.45) is 11.3 Å². The van der Waals surface area contributed by atoms with Crippen molar-refractivity contribution in [3.8, 4) is 0 Å². The Hall–Kier alpha value is -0.610. The first-order valence-electron chi connectivity index (χ1n) is 6.93. The predicted molar refractivity (Wildman–Crippen MR) is 82.5 cm³/mol. The zero-order valence-corrected chi connectivity index (χ0v) is 13.6. The number of nitrogens with one attached hydrogen (secondary N) is 1. The lowest BCUT2D eigenvalue weighted by Gasteiger charge is -2.37. The second-order valence-corrected chi connectivity index (χ2v) is 6.90. The van der Waals surface area contributed by atoms with Crippen LogP contribution >= 0.6 is 15.9 Å². The lowest BCUT2D eigenvalue weighted by atomic mass is 9.74. The van der Waals surface area contributed by atoms with Gasteiger partial charge in [0.15, 0.2) is 0 Å². The Balaban J connectivity index is 1.94. The van der Waals surface area contributed by atoms with Crippen LogP contribution in [0.5, 0.6) is 0 Å². The molecule has 19 heavy (non-hydrogen) atoms. The molecule has 0 radical (unpaired) electrons. The second kappa shape index (κ2) is 6.23. The maximum Gasteiger partial charge on any atom is 0.126 e. The van der Waals surface area contributed by atoms with Gasteiger partial charge in [-0.25, -0.2) is 4.98 Å². The van der Waals surface area contributed by atoms with E-state index in [0.717, 1.165) is 36.0 Å². The van der Waals surface area contributed by atoms with E-state index in [1.165, 1.54) is 18.4 Å². The molecule has 0 unspecified atom stereocenters. The third kappa shape index (κ3) is 3.93. The zero-order chi connectivity index (χ0) is 13.9. The fraction of sp³-hybridized carbons (Fsp3) is 0.667. The van der Waals surface area contributed by atoms with Crippen LogP contribution in [0.2, 0.25) is 0 Å². The molecule has 0 aliphatic carbocycles. The zero-order valence-electron chi connectivity index (χ0n) is 12.0. The van der Waals surface area contributed by atoms with Crippen molar-refractivity contribution >= 4 is 21.7 Å². The van der Waals surface area contributed by atoms with E-state index in [1.807, 2.05) is 6.20 Å². The number of ether oxygens (including phenoxy) is 1. The molecule has 2 rings (SSSR count). The minimum absolute atomic E-state index is 0.270. The standard InChI is InChI=1S/C15H23BrN2O/c1-11-8-14(17-9-13(11)16)18-10-15(2,3)12-4-6-19-7-5-12/h8-9,12H,4-7,10H2,1-3H3,(H,17,18). The van der Waals surface area contributed by atoms with Gasteiger partial charge in [-0.1, -0.05) is 13.8 Å². The van der Waals surface area contributed by atoms with Gasteiger partial charge in [0.25, 0.3) is 0 Å². The van der Waals surface area contributed by atoms with Gasteiger partial charge in [-0.3, -0.25) is 0 Å².